The lowest BCUT2D eigenvalue weighted by molar-refractivity contribution is 0.0508. The summed E-state index contributed by atoms with van der Waals surface area (Å²) in [4.78, 5) is 19.3. The summed E-state index contributed by atoms with van der Waals surface area (Å²) >= 11 is 0. The Hall–Kier alpha value is -5.97. The number of para-hydroxylation sites is 1. The van der Waals surface area contributed by atoms with Crippen LogP contribution < -0.4 is 35.8 Å². The minimum atomic E-state index is -3.71. The van der Waals surface area contributed by atoms with Crippen LogP contribution in [0.25, 0.3) is 0 Å². The summed E-state index contributed by atoms with van der Waals surface area (Å²) in [7, 11) is 1.40. The average Bonchev–Trinajstić information content (AvgIpc) is 1.82. The second-order valence-corrected chi connectivity index (χ2v) is 35.3. The molecule has 97 heavy (non-hydrogen) atoms. The Balaban J connectivity index is 0.000000326. The number of ether oxygens (including phenoxy) is 2. The highest BCUT2D eigenvalue weighted by molar-refractivity contribution is 8.13. The summed E-state index contributed by atoms with van der Waals surface area (Å²) in [6, 6.07) is 38.8. The maximum Gasteiger partial charge on any atom is 0.407 e. The van der Waals surface area contributed by atoms with Crippen LogP contribution in [0.2, 0.25) is 0 Å². The highest BCUT2D eigenvalue weighted by atomic mass is 35.7. The fraction of sp³-hybridized carbons (Fsp3) is 0.422. The van der Waals surface area contributed by atoms with Gasteiger partial charge in [0.2, 0.25) is 40.1 Å². The van der Waals surface area contributed by atoms with Crippen LogP contribution in [0.1, 0.15) is 58.6 Å². The number of benzene rings is 6. The Bertz CT molecular complexity index is 4060. The van der Waals surface area contributed by atoms with Crippen LogP contribution in [0.4, 0.5) is 30.6 Å². The topological polar surface area (TPSA) is 279 Å². The van der Waals surface area contributed by atoms with E-state index >= 15 is 0 Å². The number of hydrogen-bond donors (Lipinski definition) is 3. The molecular weight excluding hydrogens is 1420 g/mol. The first-order chi connectivity index (χ1) is 44.2. The molecule has 6 aromatic rings. The van der Waals surface area contributed by atoms with Crippen LogP contribution in [0.3, 0.4) is 0 Å². The number of methoxy groups -OCH3 is 1. The van der Waals surface area contributed by atoms with Gasteiger partial charge >= 0.3 is 6.09 Å². The van der Waals surface area contributed by atoms with Gasteiger partial charge in [-0.2, -0.15) is 0 Å². The van der Waals surface area contributed by atoms with E-state index in [0.29, 0.717) is 22.4 Å². The summed E-state index contributed by atoms with van der Waals surface area (Å²) in [5, 5.41) is 6.58. The zero-order chi connectivity index (χ0) is 71.0. The number of nitrogens with one attached hydrogen (secondary N) is 2. The molecule has 540 valence electrons. The Morgan fingerprint density at radius 1 is 0.515 bits per heavy atom. The maximum absolute atomic E-state index is 12.5. The van der Waals surface area contributed by atoms with Gasteiger partial charge in [0, 0.05) is 147 Å². The van der Waals surface area contributed by atoms with Crippen LogP contribution in [-0.4, -0.2) is 192 Å². The second-order valence-electron chi connectivity index (χ2n) is 24.1. The van der Waals surface area contributed by atoms with Gasteiger partial charge in [0.1, 0.15) is 23.0 Å². The number of anilines is 3. The van der Waals surface area contributed by atoms with Crippen LogP contribution in [0.5, 0.6) is 5.75 Å². The van der Waals surface area contributed by atoms with E-state index in [2.05, 4.69) is 38.3 Å². The first-order valence-corrected chi connectivity index (χ1v) is 38.1. The number of rotatable bonds is 17. The number of nitrogens with two attached hydrogens (primary N) is 1. The number of halogens is 5. The molecule has 3 aliphatic rings. The van der Waals surface area contributed by atoms with Crippen molar-refractivity contribution in [3.8, 4) is 5.75 Å². The Labute approximate surface area is 589 Å². The number of nitrogens with zero attached hydrogens (tertiary/aromatic N) is 7. The first-order valence-electron chi connectivity index (χ1n) is 30.0. The fourth-order valence-corrected chi connectivity index (χ4v) is 14.1. The Morgan fingerprint density at radius 3 is 1.16 bits per heavy atom. The van der Waals surface area contributed by atoms with E-state index in [0.717, 1.165) is 121 Å². The standard InChI is InChI=1S/C21H29N3O3S.C17H27N3O4S.C12H19N3O2S.C8H10FNO2S.C6H4ClFO2S.2ClH/c1-16(20-7-5-6-8-21(20)27-4)22-17-13-14-24(15-17)18-9-11-19(12-10-18)28(25,26)23(2)3;1-17(2,3)24-16(21)18-13-10-11-20(12-13)14-6-8-15(9-7-14)25(22,23)19(4)5;1-14(2)18(16,17)12-5-3-11(4-6-12)15-8-7-10(13)9-15;1-10(2)13(11,12)8-5-3-7(9)4-6-8;7-11(9,10)6-3-1-5(8)2-4-6;;/h5-12,16-17,22H,13-15H2,1-4H3;6-9,13H,10-12H2,1-5H3,(H,18,21);3-6,10H,7-9,13H2,1-2H3;3-6H,1-2H3;1-4H;2*1H/t16?,17-;13-;10-;;;;/m000..../s1. The molecule has 9 rings (SSSR count). The van der Waals surface area contributed by atoms with Gasteiger partial charge in [-0.1, -0.05) is 18.2 Å². The summed E-state index contributed by atoms with van der Waals surface area (Å²) < 4.78 is 157. The summed E-state index contributed by atoms with van der Waals surface area (Å²) in [6.45, 7) is 12.7. The Kier molecular flexibility index (Phi) is 32.4. The zero-order valence-corrected chi connectivity index (χ0v) is 63.0. The second kappa shape index (κ2) is 36.9. The molecule has 3 heterocycles. The molecule has 3 aliphatic heterocycles. The van der Waals surface area contributed by atoms with Gasteiger partial charge in [-0.25, -0.2) is 72.9 Å². The van der Waals surface area contributed by atoms with Crippen molar-refractivity contribution >= 4 is 108 Å². The summed E-state index contributed by atoms with van der Waals surface area (Å²) in [5.41, 5.74) is 9.51. The molecule has 6 aromatic carbocycles. The largest absolute Gasteiger partial charge is 0.496 e. The van der Waals surface area contributed by atoms with Crippen molar-refractivity contribution in [3.05, 3.63) is 163 Å². The molecule has 4 N–H and O–H groups in total. The molecule has 3 saturated heterocycles. The normalized spacial score (nSPS) is 16.8. The van der Waals surface area contributed by atoms with Crippen molar-refractivity contribution in [1.82, 2.24) is 27.9 Å². The van der Waals surface area contributed by atoms with E-state index < -0.39 is 72.5 Å². The third-order valence-corrected chi connectivity index (χ3v) is 23.7. The van der Waals surface area contributed by atoms with E-state index in [1.807, 2.05) is 63.2 Å². The van der Waals surface area contributed by atoms with Crippen molar-refractivity contribution in [1.29, 1.82) is 0 Å². The SMILES string of the molecule is CN(C)S(=O)(=O)c1ccc(F)cc1.CN(C)S(=O)(=O)c1ccc(N2CC[C@H](N)C2)cc1.CN(C)S(=O)(=O)c1ccc(N2CC[C@H](NC(=O)OC(C)(C)C)C2)cc1.COc1ccccc1C(C)N[C@H]1CCN(c2ccc(S(=O)(=O)N(C)C)cc2)C1.Cl.Cl.O=S(=O)(Cl)c1ccc(F)cc1. The van der Waals surface area contributed by atoms with E-state index in [4.69, 9.17) is 25.9 Å². The van der Waals surface area contributed by atoms with Gasteiger partial charge in [-0.05, 0) is 174 Å². The quantitative estimate of drug-likeness (QED) is 0.0718. The molecule has 1 unspecified atom stereocenters. The summed E-state index contributed by atoms with van der Waals surface area (Å²) in [6.07, 6.45) is 2.43. The third-order valence-electron chi connectivity index (χ3n) is 15.0. The van der Waals surface area contributed by atoms with E-state index in [1.54, 1.807) is 69.7 Å². The summed E-state index contributed by atoms with van der Waals surface area (Å²) in [5.74, 6) is -0.0400. The molecule has 0 radical (unpaired) electrons. The van der Waals surface area contributed by atoms with Crippen molar-refractivity contribution in [2.45, 2.75) is 101 Å². The van der Waals surface area contributed by atoms with E-state index in [1.165, 1.54) is 67.3 Å². The minimum Gasteiger partial charge on any atom is -0.496 e. The molecule has 0 aromatic heterocycles. The number of alkyl carbamates (subject to hydrolysis) is 1. The Morgan fingerprint density at radius 2 is 0.835 bits per heavy atom. The lowest BCUT2D eigenvalue weighted by Gasteiger charge is -2.23. The van der Waals surface area contributed by atoms with Gasteiger partial charge in [-0.15, -0.1) is 24.8 Å². The monoisotopic (exact) mass is 1510 g/mol. The smallest absolute Gasteiger partial charge is 0.407 e. The number of sulfonamides is 4. The van der Waals surface area contributed by atoms with Gasteiger partial charge in [-0.3, -0.25) is 0 Å². The molecule has 1 amide bonds. The maximum atomic E-state index is 12.5. The molecular formula is C64H91Cl3F2N10O13S5. The fourth-order valence-electron chi connectivity index (χ4n) is 9.74. The molecule has 23 nitrogen and oxygen atoms in total. The van der Waals surface area contributed by atoms with Crippen molar-refractivity contribution in [2.24, 2.45) is 5.73 Å². The van der Waals surface area contributed by atoms with Crippen LogP contribution in [0.15, 0.2) is 170 Å². The molecule has 3 fully saturated rings. The van der Waals surface area contributed by atoms with Crippen molar-refractivity contribution < 1.29 is 65.1 Å². The van der Waals surface area contributed by atoms with Crippen LogP contribution >= 0.6 is 35.5 Å². The van der Waals surface area contributed by atoms with Crippen molar-refractivity contribution in [2.75, 3.05) is 117 Å². The van der Waals surface area contributed by atoms with Crippen LogP contribution in [-0.2, 0) is 53.9 Å². The predicted octanol–water partition coefficient (Wildman–Crippen LogP) is 9.06. The third kappa shape index (κ3) is 25.0. The minimum absolute atomic E-state index is 0. The zero-order valence-electron chi connectivity index (χ0n) is 56.5. The van der Waals surface area contributed by atoms with Crippen LogP contribution in [0, 0.1) is 11.6 Å². The lowest BCUT2D eigenvalue weighted by Crippen LogP contribution is -2.40. The number of amides is 1. The van der Waals surface area contributed by atoms with Gasteiger partial charge in [0.15, 0.2) is 0 Å². The average molecular weight is 1510 g/mol. The first kappa shape index (κ1) is 85.3. The molecule has 0 saturated carbocycles. The molecule has 0 spiro atoms. The highest BCUT2D eigenvalue weighted by Crippen LogP contribution is 2.30. The predicted molar refractivity (Wildman–Crippen MR) is 383 cm³/mol. The number of carbonyl (C=O) groups is 1. The van der Waals surface area contributed by atoms with Crippen molar-refractivity contribution in [3.63, 3.8) is 0 Å². The molecule has 0 aliphatic carbocycles. The highest BCUT2D eigenvalue weighted by Gasteiger charge is 2.29. The number of carbonyl (C=O) groups excluding carboxylic acids is 1. The van der Waals surface area contributed by atoms with Gasteiger partial charge in [0.05, 0.1) is 37.6 Å². The number of hydrogen-bond acceptors (Lipinski definition) is 18. The molecule has 4 atom stereocenters. The molecule has 0 bridgehead atoms. The molecule has 33 heteroatoms. The van der Waals surface area contributed by atoms with Gasteiger partial charge < -0.3 is 40.5 Å². The van der Waals surface area contributed by atoms with E-state index in [9.17, 15) is 55.7 Å². The van der Waals surface area contributed by atoms with Gasteiger partial charge in [0.25, 0.3) is 9.05 Å². The van der Waals surface area contributed by atoms with E-state index in [-0.39, 0.29) is 57.6 Å². The lowest BCUT2D eigenvalue weighted by atomic mass is 10.1.